The van der Waals surface area contributed by atoms with Crippen LogP contribution in [0.2, 0.25) is 0 Å². The Balaban J connectivity index is 2.52. The van der Waals surface area contributed by atoms with Crippen molar-refractivity contribution in [1.82, 2.24) is 5.32 Å². The molecule has 1 fully saturated rings. The fraction of sp³-hybridized carbons (Fsp3) is 1.00. The Kier molecular flexibility index (Phi) is 3.52. The van der Waals surface area contributed by atoms with Gasteiger partial charge in [-0.25, -0.2) is 0 Å². The summed E-state index contributed by atoms with van der Waals surface area (Å²) in [4.78, 5) is 0. The number of methoxy groups -OCH3 is 1. The standard InChI is InChI=1S/C7H14BNO3/c1-9-3-4-6(11-2)5(10)7(8)12-4/h4-7,9-10H,3H2,1-2H3/t4-,5+,6?,7-/m1/s1. The third kappa shape index (κ3) is 1.80. The molecule has 1 saturated heterocycles. The van der Waals surface area contributed by atoms with Crippen LogP contribution in [0.15, 0.2) is 0 Å². The van der Waals surface area contributed by atoms with Gasteiger partial charge in [0.1, 0.15) is 20.1 Å². The Morgan fingerprint density at radius 2 is 2.33 bits per heavy atom. The van der Waals surface area contributed by atoms with Crippen LogP contribution in [-0.4, -0.2) is 58.0 Å². The molecule has 0 aromatic rings. The van der Waals surface area contributed by atoms with Crippen LogP contribution in [0.4, 0.5) is 0 Å². The Morgan fingerprint density at radius 3 is 2.83 bits per heavy atom. The first-order chi connectivity index (χ1) is 5.70. The van der Waals surface area contributed by atoms with Crippen LogP contribution in [0.1, 0.15) is 0 Å². The molecule has 4 atom stereocenters. The van der Waals surface area contributed by atoms with E-state index in [-0.39, 0.29) is 12.2 Å². The van der Waals surface area contributed by atoms with Crippen LogP contribution in [0.25, 0.3) is 0 Å². The molecule has 5 heteroatoms. The van der Waals surface area contributed by atoms with Crippen LogP contribution in [0.3, 0.4) is 0 Å². The van der Waals surface area contributed by atoms with Gasteiger partial charge < -0.3 is 19.9 Å². The van der Waals surface area contributed by atoms with Gasteiger partial charge in [0.2, 0.25) is 0 Å². The van der Waals surface area contributed by atoms with E-state index in [2.05, 4.69) is 5.32 Å². The molecule has 0 spiro atoms. The first-order valence-electron chi connectivity index (χ1n) is 3.97. The number of nitrogens with one attached hydrogen (secondary N) is 1. The van der Waals surface area contributed by atoms with Crippen LogP contribution >= 0.6 is 0 Å². The van der Waals surface area contributed by atoms with E-state index in [4.69, 9.17) is 17.3 Å². The second-order valence-corrected chi connectivity index (χ2v) is 2.89. The first-order valence-corrected chi connectivity index (χ1v) is 3.97. The lowest BCUT2D eigenvalue weighted by atomic mass is 9.93. The van der Waals surface area contributed by atoms with E-state index in [1.165, 1.54) is 7.11 Å². The van der Waals surface area contributed by atoms with E-state index < -0.39 is 12.1 Å². The van der Waals surface area contributed by atoms with E-state index in [0.29, 0.717) is 6.54 Å². The van der Waals surface area contributed by atoms with Crippen LogP contribution in [-0.2, 0) is 9.47 Å². The van der Waals surface area contributed by atoms with Gasteiger partial charge in [-0.1, -0.05) is 0 Å². The van der Waals surface area contributed by atoms with Crippen molar-refractivity contribution in [1.29, 1.82) is 0 Å². The minimum absolute atomic E-state index is 0.162. The van der Waals surface area contributed by atoms with Crippen LogP contribution in [0.5, 0.6) is 0 Å². The Morgan fingerprint density at radius 1 is 1.67 bits per heavy atom. The summed E-state index contributed by atoms with van der Waals surface area (Å²) in [5.41, 5.74) is 0. The van der Waals surface area contributed by atoms with Crippen molar-refractivity contribution in [3.8, 4) is 0 Å². The van der Waals surface area contributed by atoms with Crippen molar-refractivity contribution in [2.45, 2.75) is 24.3 Å². The summed E-state index contributed by atoms with van der Waals surface area (Å²) in [6.45, 7) is 0.628. The predicted octanol–water partition coefficient (Wildman–Crippen LogP) is -1.52. The highest BCUT2D eigenvalue weighted by Gasteiger charge is 2.40. The summed E-state index contributed by atoms with van der Waals surface area (Å²) in [7, 11) is 8.84. The summed E-state index contributed by atoms with van der Waals surface area (Å²) in [6, 6.07) is -0.631. The van der Waals surface area contributed by atoms with Gasteiger partial charge in [0, 0.05) is 19.7 Å². The average molecular weight is 171 g/mol. The smallest absolute Gasteiger partial charge is 0.112 e. The molecule has 1 aliphatic rings. The van der Waals surface area contributed by atoms with Crippen LogP contribution in [0, 0.1) is 0 Å². The highest BCUT2D eigenvalue weighted by atomic mass is 16.6. The molecule has 0 amide bonds. The number of hydrogen-bond donors (Lipinski definition) is 2. The zero-order chi connectivity index (χ0) is 9.14. The van der Waals surface area contributed by atoms with Gasteiger partial charge in [-0.3, -0.25) is 0 Å². The highest BCUT2D eigenvalue weighted by molar-refractivity contribution is 6.11. The van der Waals surface area contributed by atoms with E-state index in [1.54, 1.807) is 0 Å². The van der Waals surface area contributed by atoms with Crippen molar-refractivity contribution in [3.63, 3.8) is 0 Å². The predicted molar refractivity (Wildman–Crippen MR) is 45.1 cm³/mol. The number of hydrogen-bond acceptors (Lipinski definition) is 4. The van der Waals surface area contributed by atoms with Crippen LogP contribution < -0.4 is 5.32 Å². The molecule has 2 N–H and O–H groups in total. The van der Waals surface area contributed by atoms with Gasteiger partial charge >= 0.3 is 0 Å². The molecule has 0 aliphatic carbocycles. The molecule has 1 rings (SSSR count). The number of ether oxygens (including phenoxy) is 2. The number of aliphatic hydroxyl groups is 1. The second-order valence-electron chi connectivity index (χ2n) is 2.89. The monoisotopic (exact) mass is 171 g/mol. The molecular weight excluding hydrogens is 157 g/mol. The molecule has 1 heterocycles. The zero-order valence-corrected chi connectivity index (χ0v) is 7.36. The van der Waals surface area contributed by atoms with E-state index >= 15 is 0 Å². The normalized spacial score (nSPS) is 41.9. The number of rotatable bonds is 3. The summed E-state index contributed by atoms with van der Waals surface area (Å²) in [5.74, 6) is 0. The minimum Gasteiger partial charge on any atom is -0.388 e. The van der Waals surface area contributed by atoms with E-state index in [9.17, 15) is 5.11 Å². The number of aliphatic hydroxyl groups excluding tert-OH is 1. The second kappa shape index (κ2) is 4.23. The van der Waals surface area contributed by atoms with Gasteiger partial charge in [-0.05, 0) is 7.05 Å². The molecule has 12 heavy (non-hydrogen) atoms. The highest BCUT2D eigenvalue weighted by Crippen LogP contribution is 2.20. The maximum atomic E-state index is 9.45. The quantitative estimate of drug-likeness (QED) is 0.506. The molecule has 1 aliphatic heterocycles. The molecule has 1 unspecified atom stereocenters. The van der Waals surface area contributed by atoms with E-state index in [0.717, 1.165) is 0 Å². The minimum atomic E-state index is -0.728. The molecule has 4 nitrogen and oxygen atoms in total. The summed E-state index contributed by atoms with van der Waals surface area (Å²) in [6.07, 6.45) is -1.22. The lowest BCUT2D eigenvalue weighted by Crippen LogP contribution is -2.38. The van der Waals surface area contributed by atoms with E-state index in [1.807, 2.05) is 7.05 Å². The van der Waals surface area contributed by atoms with Crippen molar-refractivity contribution in [2.24, 2.45) is 0 Å². The molecule has 2 radical (unpaired) electrons. The molecule has 0 aromatic heterocycles. The maximum Gasteiger partial charge on any atom is 0.112 e. The van der Waals surface area contributed by atoms with Crippen molar-refractivity contribution in [3.05, 3.63) is 0 Å². The van der Waals surface area contributed by atoms with Crippen molar-refractivity contribution in [2.75, 3.05) is 20.7 Å². The number of likely N-dealkylation sites (N-methyl/N-ethyl adjacent to an activating group) is 1. The maximum absolute atomic E-state index is 9.45. The molecule has 68 valence electrons. The van der Waals surface area contributed by atoms with Crippen molar-refractivity contribution < 1.29 is 14.6 Å². The summed E-state index contributed by atoms with van der Waals surface area (Å²) < 4.78 is 10.3. The molecule has 0 bridgehead atoms. The zero-order valence-electron chi connectivity index (χ0n) is 7.36. The van der Waals surface area contributed by atoms with Crippen molar-refractivity contribution >= 4 is 7.85 Å². The fourth-order valence-electron chi connectivity index (χ4n) is 1.42. The largest absolute Gasteiger partial charge is 0.388 e. The molecule has 0 aromatic carbocycles. The summed E-state index contributed by atoms with van der Waals surface area (Å²) >= 11 is 0. The van der Waals surface area contributed by atoms with Gasteiger partial charge in [-0.15, -0.1) is 0 Å². The molecule has 0 saturated carbocycles. The van der Waals surface area contributed by atoms with Gasteiger partial charge in [0.15, 0.2) is 0 Å². The average Bonchev–Trinajstić information content (AvgIpc) is 2.29. The third-order valence-electron chi connectivity index (χ3n) is 2.05. The summed E-state index contributed by atoms with van der Waals surface area (Å²) in [5, 5.41) is 12.4. The first kappa shape index (κ1) is 9.99. The Hall–Kier alpha value is -0.0951. The van der Waals surface area contributed by atoms with Gasteiger partial charge in [-0.2, -0.15) is 0 Å². The lowest BCUT2D eigenvalue weighted by Gasteiger charge is -2.18. The lowest BCUT2D eigenvalue weighted by molar-refractivity contribution is -0.00899. The van der Waals surface area contributed by atoms with Gasteiger partial charge in [0.25, 0.3) is 0 Å². The molecular formula is C7H14BNO3. The Bertz CT molecular complexity index is 147. The fourth-order valence-corrected chi connectivity index (χ4v) is 1.42. The SMILES string of the molecule is [B][C@@H]1O[C@H](CNC)C(OC)[C@@H]1O. The topological polar surface area (TPSA) is 50.7 Å². The third-order valence-corrected chi connectivity index (χ3v) is 2.05. The Labute approximate surface area is 73.6 Å². The van der Waals surface area contributed by atoms with Gasteiger partial charge in [0.05, 0.1) is 6.10 Å².